The summed E-state index contributed by atoms with van der Waals surface area (Å²) in [6, 6.07) is 21.5. The van der Waals surface area contributed by atoms with Gasteiger partial charge in [0.15, 0.2) is 0 Å². The summed E-state index contributed by atoms with van der Waals surface area (Å²) in [5.74, 6) is 0.827. The van der Waals surface area contributed by atoms with E-state index in [-0.39, 0.29) is 11.9 Å². The summed E-state index contributed by atoms with van der Waals surface area (Å²) < 4.78 is 0. The molecule has 0 aromatic heterocycles. The van der Waals surface area contributed by atoms with Gasteiger partial charge in [0.2, 0.25) is 0 Å². The van der Waals surface area contributed by atoms with Crippen LogP contribution in [-0.4, -0.2) is 12.5 Å². The van der Waals surface area contributed by atoms with Gasteiger partial charge in [0.1, 0.15) is 0 Å². The highest BCUT2D eigenvalue weighted by molar-refractivity contribution is 6.00. The molecule has 3 heteroatoms. The minimum absolute atomic E-state index is 0.00823. The number of rotatable bonds is 4. The third kappa shape index (κ3) is 3.11. The molecule has 2 N–H and O–H groups in total. The number of benzene rings is 3. The van der Waals surface area contributed by atoms with Crippen LogP contribution in [0, 0.1) is 5.92 Å². The first-order valence-electron chi connectivity index (χ1n) is 10.6. The number of hydrogen-bond acceptors (Lipinski definition) is 2. The molecule has 29 heavy (non-hydrogen) atoms. The fourth-order valence-electron chi connectivity index (χ4n) is 4.88. The van der Waals surface area contributed by atoms with Crippen molar-refractivity contribution >= 4 is 22.4 Å². The van der Waals surface area contributed by atoms with Crippen molar-refractivity contribution in [1.82, 2.24) is 5.32 Å². The van der Waals surface area contributed by atoms with Gasteiger partial charge in [-0.15, -0.1) is 0 Å². The van der Waals surface area contributed by atoms with Crippen LogP contribution in [0.1, 0.15) is 53.2 Å². The number of nitrogens with one attached hydrogen (secondary N) is 2. The Morgan fingerprint density at radius 1 is 1.07 bits per heavy atom. The van der Waals surface area contributed by atoms with E-state index >= 15 is 0 Å². The first-order chi connectivity index (χ1) is 14.3. The zero-order valence-electron chi connectivity index (χ0n) is 16.7. The first-order valence-corrected chi connectivity index (χ1v) is 10.6. The molecule has 0 spiro atoms. The molecule has 3 unspecified atom stereocenters. The molecule has 2 aliphatic rings. The fourth-order valence-corrected chi connectivity index (χ4v) is 4.88. The van der Waals surface area contributed by atoms with Crippen molar-refractivity contribution in [2.24, 2.45) is 5.92 Å². The molecular weight excluding hydrogens is 356 g/mol. The van der Waals surface area contributed by atoms with Crippen LogP contribution in [0.5, 0.6) is 0 Å². The predicted octanol–water partition coefficient (Wildman–Crippen LogP) is 5.81. The molecule has 0 saturated heterocycles. The molecule has 1 amide bonds. The van der Waals surface area contributed by atoms with Crippen LogP contribution in [0.4, 0.5) is 5.69 Å². The Morgan fingerprint density at radius 2 is 1.93 bits per heavy atom. The number of para-hydroxylation sites is 1. The van der Waals surface area contributed by atoms with E-state index < -0.39 is 0 Å². The van der Waals surface area contributed by atoms with E-state index in [1.54, 1.807) is 0 Å². The number of carbonyl (C=O) groups excluding carboxylic acids is 1. The maximum absolute atomic E-state index is 12.8. The van der Waals surface area contributed by atoms with Gasteiger partial charge in [-0.3, -0.25) is 4.79 Å². The third-order valence-corrected chi connectivity index (χ3v) is 6.31. The lowest BCUT2D eigenvalue weighted by atomic mass is 9.76. The standard InChI is InChI=1S/C26H26N2O/c1-2-15-27-26(29)23-12-6-11-22-20-9-5-10-21(20)24(28-25(22)23)19-14-13-17-7-3-4-8-18(17)16-19/h3-9,11-14,16,20-21,24,28H,2,10,15H2,1H3,(H,27,29). The van der Waals surface area contributed by atoms with E-state index in [0.717, 1.165) is 24.1 Å². The van der Waals surface area contributed by atoms with Crippen molar-refractivity contribution in [2.75, 3.05) is 11.9 Å². The lowest BCUT2D eigenvalue weighted by Gasteiger charge is -2.38. The van der Waals surface area contributed by atoms with Gasteiger partial charge < -0.3 is 10.6 Å². The van der Waals surface area contributed by atoms with Crippen molar-refractivity contribution in [3.8, 4) is 0 Å². The molecule has 0 saturated carbocycles. The number of amides is 1. The summed E-state index contributed by atoms with van der Waals surface area (Å²) in [6.07, 6.45) is 6.61. The van der Waals surface area contributed by atoms with Crippen molar-refractivity contribution in [2.45, 2.75) is 31.7 Å². The summed E-state index contributed by atoms with van der Waals surface area (Å²) >= 11 is 0. The second kappa shape index (κ2) is 7.40. The van der Waals surface area contributed by atoms with Gasteiger partial charge in [-0.2, -0.15) is 0 Å². The molecule has 3 aromatic rings. The quantitative estimate of drug-likeness (QED) is 0.559. The second-order valence-electron chi connectivity index (χ2n) is 8.11. The molecule has 3 atom stereocenters. The summed E-state index contributed by atoms with van der Waals surface area (Å²) in [5, 5.41) is 9.33. The van der Waals surface area contributed by atoms with Gasteiger partial charge in [0, 0.05) is 12.5 Å². The smallest absolute Gasteiger partial charge is 0.253 e. The van der Waals surface area contributed by atoms with Crippen LogP contribution in [-0.2, 0) is 0 Å². The van der Waals surface area contributed by atoms with Crippen molar-refractivity contribution in [3.05, 3.63) is 89.5 Å². The van der Waals surface area contributed by atoms with Crippen molar-refractivity contribution in [1.29, 1.82) is 0 Å². The van der Waals surface area contributed by atoms with Crippen molar-refractivity contribution in [3.63, 3.8) is 0 Å². The van der Waals surface area contributed by atoms with Crippen LogP contribution >= 0.6 is 0 Å². The molecule has 3 nitrogen and oxygen atoms in total. The Bertz CT molecular complexity index is 1100. The number of fused-ring (bicyclic) bond motifs is 4. The van der Waals surface area contributed by atoms with E-state index in [4.69, 9.17) is 0 Å². The Balaban J connectivity index is 1.57. The summed E-state index contributed by atoms with van der Waals surface area (Å²) in [4.78, 5) is 12.8. The molecule has 146 valence electrons. The maximum atomic E-state index is 12.8. The minimum atomic E-state index is 0.00823. The molecule has 1 aliphatic carbocycles. The highest BCUT2D eigenvalue weighted by atomic mass is 16.1. The normalized spacial score (nSPS) is 22.0. The molecular formula is C26H26N2O. The molecule has 1 aliphatic heterocycles. The topological polar surface area (TPSA) is 41.1 Å². The molecule has 0 fully saturated rings. The van der Waals surface area contributed by atoms with Crippen molar-refractivity contribution < 1.29 is 4.79 Å². The van der Waals surface area contributed by atoms with Gasteiger partial charge in [0.25, 0.3) is 5.91 Å². The predicted molar refractivity (Wildman–Crippen MR) is 119 cm³/mol. The number of allylic oxidation sites excluding steroid dienone is 2. The first kappa shape index (κ1) is 18.0. The van der Waals surface area contributed by atoms with Crippen LogP contribution in [0.25, 0.3) is 10.8 Å². The number of carbonyl (C=O) groups is 1. The van der Waals surface area contributed by atoms with Gasteiger partial charge in [0.05, 0.1) is 17.3 Å². The highest BCUT2D eigenvalue weighted by Gasteiger charge is 2.39. The second-order valence-corrected chi connectivity index (χ2v) is 8.11. The van der Waals surface area contributed by atoms with E-state index in [2.05, 4.69) is 78.2 Å². The molecule has 1 heterocycles. The average molecular weight is 383 g/mol. The minimum Gasteiger partial charge on any atom is -0.377 e. The van der Waals surface area contributed by atoms with Gasteiger partial charge in [-0.1, -0.05) is 67.6 Å². The Labute approximate surface area is 171 Å². The maximum Gasteiger partial charge on any atom is 0.253 e. The SMILES string of the molecule is CCCNC(=O)c1cccc2c1NC(c1ccc3ccccc3c1)C1CC=CC21. The summed E-state index contributed by atoms with van der Waals surface area (Å²) in [6.45, 7) is 2.77. The molecule has 3 aromatic carbocycles. The Kier molecular flexibility index (Phi) is 4.59. The van der Waals surface area contributed by atoms with E-state index in [0.29, 0.717) is 18.4 Å². The third-order valence-electron chi connectivity index (χ3n) is 6.31. The number of anilines is 1. The van der Waals surface area contributed by atoms with Gasteiger partial charge >= 0.3 is 0 Å². The highest BCUT2D eigenvalue weighted by Crippen LogP contribution is 2.50. The summed E-state index contributed by atoms with van der Waals surface area (Å²) in [7, 11) is 0. The average Bonchev–Trinajstić information content (AvgIpc) is 3.26. The molecule has 0 bridgehead atoms. The largest absolute Gasteiger partial charge is 0.377 e. The van der Waals surface area contributed by atoms with E-state index in [1.807, 2.05) is 12.1 Å². The van der Waals surface area contributed by atoms with Gasteiger partial charge in [-0.05, 0) is 52.8 Å². The van der Waals surface area contributed by atoms with E-state index in [1.165, 1.54) is 21.9 Å². The van der Waals surface area contributed by atoms with Gasteiger partial charge in [-0.25, -0.2) is 0 Å². The van der Waals surface area contributed by atoms with Crippen LogP contribution < -0.4 is 10.6 Å². The van der Waals surface area contributed by atoms with Crippen LogP contribution in [0.15, 0.2) is 72.8 Å². The summed E-state index contributed by atoms with van der Waals surface area (Å²) in [5.41, 5.74) is 4.27. The number of hydrogen-bond donors (Lipinski definition) is 2. The van der Waals surface area contributed by atoms with Crippen LogP contribution in [0.2, 0.25) is 0 Å². The fraction of sp³-hybridized carbons (Fsp3) is 0.269. The Morgan fingerprint density at radius 3 is 2.79 bits per heavy atom. The Hall–Kier alpha value is -3.07. The lowest BCUT2D eigenvalue weighted by Crippen LogP contribution is -2.32. The van der Waals surface area contributed by atoms with E-state index in [9.17, 15) is 4.79 Å². The zero-order valence-corrected chi connectivity index (χ0v) is 16.7. The van der Waals surface area contributed by atoms with Crippen LogP contribution in [0.3, 0.4) is 0 Å². The molecule has 5 rings (SSSR count). The monoisotopic (exact) mass is 382 g/mol. The lowest BCUT2D eigenvalue weighted by molar-refractivity contribution is 0.0954. The zero-order chi connectivity index (χ0) is 19.8. The molecule has 0 radical (unpaired) electrons.